The Morgan fingerprint density at radius 2 is 1.43 bits per heavy atom. The molecule has 4 rings (SSSR count). The van der Waals surface area contributed by atoms with Gasteiger partial charge in [0.25, 0.3) is 11.8 Å². The second-order valence-electron chi connectivity index (χ2n) is 7.02. The molecule has 30 heavy (non-hydrogen) atoms. The smallest absolute Gasteiger partial charge is 0.350 e. The Morgan fingerprint density at radius 3 is 2.00 bits per heavy atom. The molecular weight excluding hydrogens is 463 g/mol. The lowest BCUT2D eigenvalue weighted by Gasteiger charge is -2.34. The predicted molar refractivity (Wildman–Crippen MR) is 109 cm³/mol. The molecule has 0 radical (unpaired) electrons. The summed E-state index contributed by atoms with van der Waals surface area (Å²) in [6.45, 7) is 1.30. The van der Waals surface area contributed by atoms with Crippen LogP contribution in [0.4, 0.5) is 13.2 Å². The molecule has 9 heteroatoms. The molecule has 0 atom stereocenters. The van der Waals surface area contributed by atoms with E-state index in [1.807, 2.05) is 24.3 Å². The maximum absolute atomic E-state index is 12.9. The highest BCUT2D eigenvalue weighted by Gasteiger charge is 2.31. The first-order valence-electron chi connectivity index (χ1n) is 9.28. The second-order valence-corrected chi connectivity index (χ2v) is 7.81. The van der Waals surface area contributed by atoms with E-state index in [0.29, 0.717) is 36.3 Å². The number of piperazine rings is 1. The Morgan fingerprint density at radius 1 is 0.867 bits per heavy atom. The molecule has 2 heterocycles. The molecule has 2 aromatic carbocycles. The number of hydrogen-bond acceptors (Lipinski definition) is 2. The average molecular weight is 480 g/mol. The van der Waals surface area contributed by atoms with Crippen molar-refractivity contribution in [3.8, 4) is 0 Å². The maximum Gasteiger partial charge on any atom is 0.416 e. The number of benzene rings is 2. The highest BCUT2D eigenvalue weighted by atomic mass is 79.9. The largest absolute Gasteiger partial charge is 0.416 e. The third kappa shape index (κ3) is 3.81. The van der Waals surface area contributed by atoms with Crippen LogP contribution in [0.1, 0.15) is 26.4 Å². The van der Waals surface area contributed by atoms with Crippen LogP contribution in [0, 0.1) is 0 Å². The number of H-pyrrole nitrogens is 1. The first-order valence-corrected chi connectivity index (χ1v) is 10.1. The number of fused-ring (bicyclic) bond motifs is 1. The van der Waals surface area contributed by atoms with Crippen LogP contribution in [0.3, 0.4) is 0 Å². The maximum atomic E-state index is 12.9. The van der Waals surface area contributed by atoms with Crippen molar-refractivity contribution in [3.05, 3.63) is 69.8 Å². The van der Waals surface area contributed by atoms with Gasteiger partial charge in [0.2, 0.25) is 0 Å². The SMILES string of the molecule is O=C(c1ccc(C(F)(F)F)cc1)N1CCN(C(=O)c2[nH]c3ccccc3c2Br)CC1. The van der Waals surface area contributed by atoms with Crippen LogP contribution >= 0.6 is 15.9 Å². The number of para-hydroxylation sites is 1. The molecule has 0 saturated carbocycles. The summed E-state index contributed by atoms with van der Waals surface area (Å²) in [6.07, 6.45) is -4.44. The van der Waals surface area contributed by atoms with E-state index >= 15 is 0 Å². The topological polar surface area (TPSA) is 56.4 Å². The average Bonchev–Trinajstić information content (AvgIpc) is 3.09. The van der Waals surface area contributed by atoms with Gasteiger partial charge in [-0.3, -0.25) is 9.59 Å². The fourth-order valence-electron chi connectivity index (χ4n) is 3.51. The van der Waals surface area contributed by atoms with E-state index in [1.165, 1.54) is 12.1 Å². The lowest BCUT2D eigenvalue weighted by molar-refractivity contribution is -0.137. The molecule has 2 amide bonds. The van der Waals surface area contributed by atoms with Gasteiger partial charge in [-0.25, -0.2) is 0 Å². The first-order chi connectivity index (χ1) is 14.3. The van der Waals surface area contributed by atoms with E-state index in [0.717, 1.165) is 23.0 Å². The number of aromatic amines is 1. The van der Waals surface area contributed by atoms with E-state index < -0.39 is 11.7 Å². The van der Waals surface area contributed by atoms with Crippen molar-refractivity contribution in [3.63, 3.8) is 0 Å². The van der Waals surface area contributed by atoms with Crippen molar-refractivity contribution in [2.75, 3.05) is 26.2 Å². The van der Waals surface area contributed by atoms with Gasteiger partial charge in [-0.1, -0.05) is 18.2 Å². The minimum Gasteiger partial charge on any atom is -0.350 e. The highest BCUT2D eigenvalue weighted by Crippen LogP contribution is 2.30. The van der Waals surface area contributed by atoms with Crippen LogP contribution in [0.15, 0.2) is 53.0 Å². The standard InChI is InChI=1S/C21H17BrF3N3O2/c22-17-15-3-1-2-4-16(15)26-18(17)20(30)28-11-9-27(10-12-28)19(29)13-5-7-14(8-6-13)21(23,24)25/h1-8,26H,9-12H2. The number of carbonyl (C=O) groups is 2. The Labute approximate surface area is 178 Å². The quantitative estimate of drug-likeness (QED) is 0.586. The number of alkyl halides is 3. The van der Waals surface area contributed by atoms with Gasteiger partial charge in [0.05, 0.1) is 10.0 Å². The molecule has 0 aliphatic carbocycles. The normalized spacial score (nSPS) is 14.9. The van der Waals surface area contributed by atoms with Crippen LogP contribution in [-0.2, 0) is 6.18 Å². The first kappa shape index (κ1) is 20.5. The summed E-state index contributed by atoms with van der Waals surface area (Å²) >= 11 is 3.48. The fraction of sp³-hybridized carbons (Fsp3) is 0.238. The number of carbonyl (C=O) groups excluding carboxylic acids is 2. The molecule has 1 aliphatic rings. The molecule has 0 spiro atoms. The number of amides is 2. The highest BCUT2D eigenvalue weighted by molar-refractivity contribution is 9.10. The summed E-state index contributed by atoms with van der Waals surface area (Å²) in [4.78, 5) is 31.9. The van der Waals surface area contributed by atoms with Crippen molar-refractivity contribution in [1.29, 1.82) is 0 Å². The van der Waals surface area contributed by atoms with Gasteiger partial charge in [-0.15, -0.1) is 0 Å². The van der Waals surface area contributed by atoms with Gasteiger partial charge < -0.3 is 14.8 Å². The summed E-state index contributed by atoms with van der Waals surface area (Å²) in [6, 6.07) is 11.7. The van der Waals surface area contributed by atoms with Gasteiger partial charge >= 0.3 is 6.18 Å². The van der Waals surface area contributed by atoms with Crippen molar-refractivity contribution < 1.29 is 22.8 Å². The minimum atomic E-state index is -4.44. The molecule has 1 fully saturated rings. The molecule has 5 nitrogen and oxygen atoms in total. The Hall–Kier alpha value is -2.81. The number of rotatable bonds is 2. The summed E-state index contributed by atoms with van der Waals surface area (Å²) in [5.74, 6) is -0.512. The van der Waals surface area contributed by atoms with Gasteiger partial charge in [0.1, 0.15) is 5.69 Å². The molecule has 1 aromatic heterocycles. The minimum absolute atomic E-state index is 0.167. The van der Waals surface area contributed by atoms with E-state index in [9.17, 15) is 22.8 Å². The Bertz CT molecular complexity index is 1100. The van der Waals surface area contributed by atoms with Crippen molar-refractivity contribution in [2.24, 2.45) is 0 Å². The summed E-state index contributed by atoms with van der Waals surface area (Å²) in [5.41, 5.74) is 0.710. The molecule has 0 unspecified atom stereocenters. The van der Waals surface area contributed by atoms with Gasteiger partial charge in [-0.2, -0.15) is 13.2 Å². The van der Waals surface area contributed by atoms with E-state index in [2.05, 4.69) is 20.9 Å². The number of nitrogens with zero attached hydrogens (tertiary/aromatic N) is 2. The zero-order chi connectivity index (χ0) is 21.5. The zero-order valence-corrected chi connectivity index (χ0v) is 17.3. The van der Waals surface area contributed by atoms with Crippen LogP contribution in [0.5, 0.6) is 0 Å². The Balaban J connectivity index is 1.42. The molecule has 1 aliphatic heterocycles. The fourth-order valence-corrected chi connectivity index (χ4v) is 4.12. The van der Waals surface area contributed by atoms with Crippen LogP contribution in [0.25, 0.3) is 10.9 Å². The van der Waals surface area contributed by atoms with E-state index in [1.54, 1.807) is 9.80 Å². The van der Waals surface area contributed by atoms with E-state index in [-0.39, 0.29) is 17.4 Å². The summed E-state index contributed by atoms with van der Waals surface area (Å²) < 4.78 is 38.8. The van der Waals surface area contributed by atoms with Crippen LogP contribution in [0.2, 0.25) is 0 Å². The van der Waals surface area contributed by atoms with Gasteiger partial charge in [-0.05, 0) is 46.3 Å². The predicted octanol–water partition coefficient (Wildman–Crippen LogP) is 4.55. The molecule has 1 saturated heterocycles. The number of halogens is 4. The molecule has 0 bridgehead atoms. The van der Waals surface area contributed by atoms with Crippen molar-refractivity contribution in [1.82, 2.24) is 14.8 Å². The van der Waals surface area contributed by atoms with Gasteiger partial charge in [0.15, 0.2) is 0 Å². The molecular formula is C21H17BrF3N3O2. The summed E-state index contributed by atoms with van der Waals surface area (Å²) in [7, 11) is 0. The molecule has 3 aromatic rings. The van der Waals surface area contributed by atoms with Crippen LogP contribution in [-0.4, -0.2) is 52.8 Å². The monoisotopic (exact) mass is 479 g/mol. The molecule has 156 valence electrons. The molecule has 1 N–H and O–H groups in total. The lowest BCUT2D eigenvalue weighted by Crippen LogP contribution is -2.50. The van der Waals surface area contributed by atoms with Crippen molar-refractivity contribution in [2.45, 2.75) is 6.18 Å². The third-order valence-electron chi connectivity index (χ3n) is 5.17. The second kappa shape index (κ2) is 7.79. The van der Waals surface area contributed by atoms with E-state index in [4.69, 9.17) is 0 Å². The third-order valence-corrected chi connectivity index (χ3v) is 5.99. The zero-order valence-electron chi connectivity index (χ0n) is 15.7. The number of aromatic nitrogens is 1. The van der Waals surface area contributed by atoms with Crippen molar-refractivity contribution >= 4 is 38.6 Å². The Kier molecular flexibility index (Phi) is 5.31. The van der Waals surface area contributed by atoms with Crippen LogP contribution < -0.4 is 0 Å². The lowest BCUT2D eigenvalue weighted by atomic mass is 10.1. The van der Waals surface area contributed by atoms with Gasteiger partial charge in [0, 0.05) is 42.6 Å². The summed E-state index contributed by atoms with van der Waals surface area (Å²) in [5, 5.41) is 0.914. The number of nitrogens with one attached hydrogen (secondary N) is 1. The number of hydrogen-bond donors (Lipinski definition) is 1.